The summed E-state index contributed by atoms with van der Waals surface area (Å²) in [6.07, 6.45) is 9.84. The molecule has 156 valence electrons. The summed E-state index contributed by atoms with van der Waals surface area (Å²) in [5.74, 6) is 2.11. The molecule has 1 aliphatic rings. The van der Waals surface area contributed by atoms with Crippen molar-refractivity contribution in [3.05, 3.63) is 78.9 Å². The van der Waals surface area contributed by atoms with Crippen LogP contribution in [-0.4, -0.2) is 41.5 Å². The van der Waals surface area contributed by atoms with Gasteiger partial charge in [0.15, 0.2) is 0 Å². The molecule has 7 nitrogen and oxygen atoms in total. The first-order valence-corrected chi connectivity index (χ1v) is 9.99. The highest BCUT2D eigenvalue weighted by Crippen LogP contribution is 2.36. The summed E-state index contributed by atoms with van der Waals surface area (Å²) >= 11 is 0. The van der Waals surface area contributed by atoms with E-state index in [0.29, 0.717) is 18.3 Å². The molecule has 1 aliphatic heterocycles. The molecule has 0 bridgehead atoms. The third-order valence-corrected chi connectivity index (χ3v) is 5.00. The highest BCUT2D eigenvalue weighted by atomic mass is 16.5. The zero-order chi connectivity index (χ0) is 21.6. The summed E-state index contributed by atoms with van der Waals surface area (Å²) < 4.78 is 5.30. The first-order chi connectivity index (χ1) is 15.2. The van der Waals surface area contributed by atoms with Crippen molar-refractivity contribution in [2.45, 2.75) is 6.42 Å². The Morgan fingerprint density at radius 2 is 2.13 bits per heavy atom. The van der Waals surface area contributed by atoms with Gasteiger partial charge in [-0.15, -0.1) is 0 Å². The Bertz CT molecular complexity index is 1170. The number of aromatic nitrogens is 3. The lowest BCUT2D eigenvalue weighted by atomic mass is 10.0. The lowest BCUT2D eigenvalue weighted by molar-refractivity contribution is 0.414. The predicted octanol–water partition coefficient (Wildman–Crippen LogP) is 4.23. The molecule has 0 aliphatic carbocycles. The summed E-state index contributed by atoms with van der Waals surface area (Å²) in [5, 5.41) is 6.69. The number of aliphatic imine (C=N–C) groups is 1. The maximum Gasteiger partial charge on any atom is 0.223 e. The number of benzene rings is 1. The van der Waals surface area contributed by atoms with E-state index in [-0.39, 0.29) is 0 Å². The molecule has 0 spiro atoms. The van der Waals surface area contributed by atoms with Crippen molar-refractivity contribution in [1.82, 2.24) is 15.0 Å². The van der Waals surface area contributed by atoms with Crippen molar-refractivity contribution in [1.29, 1.82) is 0 Å². The minimum absolute atomic E-state index is 0.560. The first-order valence-electron chi connectivity index (χ1n) is 9.99. The summed E-state index contributed by atoms with van der Waals surface area (Å²) in [4.78, 5) is 18.0. The fourth-order valence-electron chi connectivity index (χ4n) is 3.50. The van der Waals surface area contributed by atoms with Gasteiger partial charge in [-0.05, 0) is 36.3 Å². The molecule has 0 atom stereocenters. The Kier molecular flexibility index (Phi) is 6.03. The second kappa shape index (κ2) is 9.21. The van der Waals surface area contributed by atoms with Crippen LogP contribution in [0.5, 0.6) is 5.75 Å². The molecule has 0 radical (unpaired) electrons. The summed E-state index contributed by atoms with van der Waals surface area (Å²) in [6, 6.07) is 9.99. The monoisotopic (exact) mass is 412 g/mol. The molecule has 4 rings (SSSR count). The topological polar surface area (TPSA) is 84.3 Å². The average molecular weight is 412 g/mol. The van der Waals surface area contributed by atoms with E-state index < -0.39 is 0 Å². The fourth-order valence-corrected chi connectivity index (χ4v) is 3.50. The Morgan fingerprint density at radius 1 is 1.23 bits per heavy atom. The van der Waals surface area contributed by atoms with Gasteiger partial charge in [-0.1, -0.05) is 24.8 Å². The van der Waals surface area contributed by atoms with Gasteiger partial charge in [0, 0.05) is 42.7 Å². The van der Waals surface area contributed by atoms with Gasteiger partial charge in [0.25, 0.3) is 0 Å². The van der Waals surface area contributed by atoms with Gasteiger partial charge in [-0.2, -0.15) is 0 Å². The van der Waals surface area contributed by atoms with Crippen LogP contribution in [0.25, 0.3) is 16.7 Å². The highest BCUT2D eigenvalue weighted by Gasteiger charge is 2.23. The maximum absolute atomic E-state index is 5.30. The van der Waals surface area contributed by atoms with Crippen LogP contribution >= 0.6 is 0 Å². The van der Waals surface area contributed by atoms with E-state index in [9.17, 15) is 0 Å². The zero-order valence-electron chi connectivity index (χ0n) is 17.6. The molecule has 3 aromatic rings. The largest absolute Gasteiger partial charge is 0.497 e. The van der Waals surface area contributed by atoms with Crippen molar-refractivity contribution in [3.8, 4) is 16.9 Å². The van der Waals surface area contributed by atoms with Crippen LogP contribution in [0.1, 0.15) is 11.3 Å². The molecule has 3 heterocycles. The zero-order valence-corrected chi connectivity index (χ0v) is 17.6. The Balaban J connectivity index is 1.65. The van der Waals surface area contributed by atoms with Crippen LogP contribution < -0.4 is 15.4 Å². The van der Waals surface area contributed by atoms with Gasteiger partial charge in [0.2, 0.25) is 5.95 Å². The number of nitrogens with one attached hydrogen (secondary N) is 2. The molecule has 0 saturated heterocycles. The van der Waals surface area contributed by atoms with Gasteiger partial charge < -0.3 is 15.4 Å². The molecular weight excluding hydrogens is 388 g/mol. The smallest absolute Gasteiger partial charge is 0.223 e. The van der Waals surface area contributed by atoms with Crippen molar-refractivity contribution < 1.29 is 4.74 Å². The molecule has 0 unspecified atom stereocenters. The second-order valence-corrected chi connectivity index (χ2v) is 6.92. The predicted molar refractivity (Wildman–Crippen MR) is 126 cm³/mol. The lowest BCUT2D eigenvalue weighted by Gasteiger charge is -2.12. The van der Waals surface area contributed by atoms with E-state index >= 15 is 0 Å². The minimum Gasteiger partial charge on any atom is -0.497 e. The van der Waals surface area contributed by atoms with Crippen LogP contribution in [-0.2, 0) is 6.42 Å². The molecule has 1 aromatic carbocycles. The highest BCUT2D eigenvalue weighted by molar-refractivity contribution is 6.31. The van der Waals surface area contributed by atoms with E-state index in [1.165, 1.54) is 5.56 Å². The summed E-state index contributed by atoms with van der Waals surface area (Å²) in [6.45, 7) is 4.55. The molecule has 0 fully saturated rings. The maximum atomic E-state index is 5.30. The van der Waals surface area contributed by atoms with E-state index in [4.69, 9.17) is 9.72 Å². The number of ether oxygens (including phenoxy) is 1. The van der Waals surface area contributed by atoms with Crippen LogP contribution in [0, 0.1) is 0 Å². The van der Waals surface area contributed by atoms with Gasteiger partial charge >= 0.3 is 0 Å². The van der Waals surface area contributed by atoms with Crippen LogP contribution in [0.4, 0.5) is 11.6 Å². The SMILES string of the molecule is C=C/C=C1\C(=NC)Nc2cnccc2-c2cnc(NCCc3cccc(OC)c3)nc21. The fraction of sp³-hybridized carbons (Fsp3) is 0.167. The Labute approximate surface area is 181 Å². The van der Waals surface area contributed by atoms with Crippen molar-refractivity contribution in [2.24, 2.45) is 4.99 Å². The Morgan fingerprint density at radius 3 is 2.94 bits per heavy atom. The van der Waals surface area contributed by atoms with Gasteiger partial charge in [0.1, 0.15) is 11.6 Å². The lowest BCUT2D eigenvalue weighted by Crippen LogP contribution is -2.14. The van der Waals surface area contributed by atoms with Gasteiger partial charge in [-0.25, -0.2) is 9.97 Å². The number of hydrogen-bond donors (Lipinski definition) is 2. The van der Waals surface area contributed by atoms with E-state index in [0.717, 1.165) is 40.3 Å². The quantitative estimate of drug-likeness (QED) is 0.630. The third-order valence-electron chi connectivity index (χ3n) is 5.00. The number of hydrogen-bond acceptors (Lipinski definition) is 6. The van der Waals surface area contributed by atoms with Crippen LogP contribution in [0.2, 0.25) is 0 Å². The van der Waals surface area contributed by atoms with Crippen LogP contribution in [0.15, 0.2) is 72.6 Å². The van der Waals surface area contributed by atoms with Crippen molar-refractivity contribution in [2.75, 3.05) is 31.3 Å². The number of amidine groups is 1. The molecule has 7 heteroatoms. The van der Waals surface area contributed by atoms with Gasteiger partial charge in [0.05, 0.1) is 24.7 Å². The third kappa shape index (κ3) is 4.30. The number of methoxy groups -OCH3 is 1. The number of pyridine rings is 1. The summed E-state index contributed by atoms with van der Waals surface area (Å²) in [7, 11) is 3.42. The summed E-state index contributed by atoms with van der Waals surface area (Å²) in [5.41, 5.74) is 5.56. The van der Waals surface area contributed by atoms with Gasteiger partial charge in [-0.3, -0.25) is 9.98 Å². The number of fused-ring (bicyclic) bond motifs is 3. The van der Waals surface area contributed by atoms with E-state index in [1.807, 2.05) is 36.5 Å². The number of nitrogens with zero attached hydrogens (tertiary/aromatic N) is 4. The molecular formula is C24H24N6O. The molecule has 0 saturated carbocycles. The molecule has 2 aromatic heterocycles. The molecule has 31 heavy (non-hydrogen) atoms. The van der Waals surface area contributed by atoms with E-state index in [2.05, 4.69) is 38.2 Å². The number of anilines is 2. The first kappa shape index (κ1) is 20.3. The Hall–Kier alpha value is -4.00. The molecule has 0 amide bonds. The number of allylic oxidation sites excluding steroid dienone is 2. The number of rotatable bonds is 6. The minimum atomic E-state index is 0.560. The van der Waals surface area contributed by atoms with Crippen LogP contribution in [0.3, 0.4) is 0 Å². The molecule has 2 N–H and O–H groups in total. The second-order valence-electron chi connectivity index (χ2n) is 6.92. The van der Waals surface area contributed by atoms with E-state index in [1.54, 1.807) is 32.6 Å². The van der Waals surface area contributed by atoms with Crippen molar-refractivity contribution >= 4 is 23.0 Å². The normalized spacial score (nSPS) is 14.9. The van der Waals surface area contributed by atoms with Crippen molar-refractivity contribution in [3.63, 3.8) is 0 Å². The average Bonchev–Trinajstić information content (AvgIpc) is 2.94. The standard InChI is InChI=1S/C24H24N6O/c1-4-6-19-22-20(18-10-11-26-15-21(18)29-23(19)25-2)14-28-24(30-22)27-12-9-16-7-5-8-17(13-16)31-3/h4-8,10-11,13-15H,1,9,12H2,2-3H3,(H,25,29)(H,27,28,30)/b19-6-.